The third kappa shape index (κ3) is 1.59. The number of carbonyl (C=O) groups is 2. The molecule has 4 heteroatoms. The van der Waals surface area contributed by atoms with Crippen molar-refractivity contribution in [2.45, 2.75) is 12.2 Å². The molecule has 2 bridgehead atoms. The number of aldehydes is 1. The first-order valence-corrected chi connectivity index (χ1v) is 6.69. The second-order valence-electron chi connectivity index (χ2n) is 5.24. The molecule has 2 unspecified atom stereocenters. The summed E-state index contributed by atoms with van der Waals surface area (Å²) in [5, 5.41) is 0. The molecule has 2 aliphatic heterocycles. The third-order valence-electron chi connectivity index (χ3n) is 4.16. The molecule has 2 atom stereocenters. The summed E-state index contributed by atoms with van der Waals surface area (Å²) in [7, 11) is 1.36. The Kier molecular flexibility index (Phi) is 2.50. The highest BCUT2D eigenvalue weighted by molar-refractivity contribution is 5.90. The van der Waals surface area contributed by atoms with Gasteiger partial charge >= 0.3 is 5.97 Å². The average Bonchev–Trinajstić information content (AvgIpc) is 3.10. The second kappa shape index (κ2) is 4.27. The minimum absolute atomic E-state index is 0.104. The topological polar surface area (TPSA) is 52.6 Å². The van der Waals surface area contributed by atoms with Gasteiger partial charge in [-0.25, -0.2) is 4.79 Å². The lowest BCUT2D eigenvalue weighted by atomic mass is 9.84. The molecule has 2 aliphatic rings. The van der Waals surface area contributed by atoms with Crippen molar-refractivity contribution in [2.24, 2.45) is 0 Å². The van der Waals surface area contributed by atoms with Gasteiger partial charge in [-0.3, -0.25) is 4.79 Å². The molecule has 21 heavy (non-hydrogen) atoms. The molecule has 0 spiro atoms. The van der Waals surface area contributed by atoms with Crippen LogP contribution in [0.1, 0.15) is 55.2 Å². The van der Waals surface area contributed by atoms with Gasteiger partial charge < -0.3 is 9.47 Å². The van der Waals surface area contributed by atoms with E-state index in [1.165, 1.54) is 7.11 Å². The summed E-state index contributed by atoms with van der Waals surface area (Å²) in [6.45, 7) is 0. The molecule has 0 aliphatic carbocycles. The normalized spacial score (nSPS) is 20.8. The standard InChI is InChI=1S/C17H12O4/c1-20-17(19)10-3-5-12-14(7-10)16-13-6-9(8-18)2-4-11(13)15(12)21-16/h2-8,15-16H,1H3. The van der Waals surface area contributed by atoms with Gasteiger partial charge in [0.2, 0.25) is 0 Å². The molecule has 0 fully saturated rings. The summed E-state index contributed by atoms with van der Waals surface area (Å²) in [6, 6.07) is 11.1. The Balaban J connectivity index is 1.84. The van der Waals surface area contributed by atoms with Gasteiger partial charge in [0.05, 0.1) is 12.7 Å². The van der Waals surface area contributed by atoms with Crippen molar-refractivity contribution >= 4 is 12.3 Å². The lowest BCUT2D eigenvalue weighted by Gasteiger charge is -2.16. The van der Waals surface area contributed by atoms with E-state index in [4.69, 9.17) is 9.47 Å². The molecule has 2 aromatic carbocycles. The Bertz CT molecular complexity index is 778. The molecule has 0 saturated carbocycles. The van der Waals surface area contributed by atoms with Crippen molar-refractivity contribution in [2.75, 3.05) is 7.11 Å². The summed E-state index contributed by atoms with van der Waals surface area (Å²) in [5.74, 6) is -0.359. The van der Waals surface area contributed by atoms with E-state index < -0.39 is 0 Å². The molecule has 104 valence electrons. The molecule has 0 aromatic heterocycles. The fourth-order valence-corrected chi connectivity index (χ4v) is 3.18. The van der Waals surface area contributed by atoms with E-state index >= 15 is 0 Å². The van der Waals surface area contributed by atoms with Crippen molar-refractivity contribution < 1.29 is 19.1 Å². The van der Waals surface area contributed by atoms with Crippen molar-refractivity contribution in [1.82, 2.24) is 0 Å². The number of hydrogen-bond acceptors (Lipinski definition) is 4. The summed E-state index contributed by atoms with van der Waals surface area (Å²) >= 11 is 0. The highest BCUT2D eigenvalue weighted by Crippen LogP contribution is 2.54. The van der Waals surface area contributed by atoms with Gasteiger partial charge in [0, 0.05) is 5.56 Å². The van der Waals surface area contributed by atoms with Gasteiger partial charge in [-0.2, -0.15) is 0 Å². The Morgan fingerprint density at radius 2 is 1.71 bits per heavy atom. The van der Waals surface area contributed by atoms with Gasteiger partial charge in [-0.05, 0) is 40.5 Å². The zero-order chi connectivity index (χ0) is 14.6. The van der Waals surface area contributed by atoms with Crippen LogP contribution in [0, 0.1) is 0 Å². The molecule has 2 aromatic rings. The molecule has 2 heterocycles. The minimum atomic E-state index is -0.359. The van der Waals surface area contributed by atoms with Crippen LogP contribution in [0.3, 0.4) is 0 Å². The maximum atomic E-state index is 11.7. The molecule has 0 radical (unpaired) electrons. The second-order valence-corrected chi connectivity index (χ2v) is 5.24. The Morgan fingerprint density at radius 3 is 2.43 bits per heavy atom. The minimum Gasteiger partial charge on any atom is -0.465 e. The Hall–Kier alpha value is -2.46. The maximum Gasteiger partial charge on any atom is 0.337 e. The van der Waals surface area contributed by atoms with Crippen LogP contribution in [0.15, 0.2) is 36.4 Å². The molecular weight excluding hydrogens is 268 g/mol. The molecule has 4 rings (SSSR count). The largest absolute Gasteiger partial charge is 0.465 e. The maximum absolute atomic E-state index is 11.7. The average molecular weight is 280 g/mol. The molecule has 0 saturated heterocycles. The first-order chi connectivity index (χ1) is 10.2. The number of rotatable bonds is 2. The summed E-state index contributed by atoms with van der Waals surface area (Å²) in [4.78, 5) is 22.6. The third-order valence-corrected chi connectivity index (χ3v) is 4.16. The number of methoxy groups -OCH3 is 1. The van der Waals surface area contributed by atoms with Gasteiger partial charge in [-0.15, -0.1) is 0 Å². The predicted octanol–water partition coefficient (Wildman–Crippen LogP) is 2.81. The van der Waals surface area contributed by atoms with Gasteiger partial charge in [-0.1, -0.05) is 18.2 Å². The first kappa shape index (κ1) is 12.3. The van der Waals surface area contributed by atoms with E-state index in [0.29, 0.717) is 11.1 Å². The van der Waals surface area contributed by atoms with Crippen molar-refractivity contribution in [3.05, 3.63) is 69.8 Å². The number of benzene rings is 2. The quantitative estimate of drug-likeness (QED) is 0.627. The number of ether oxygens (including phenoxy) is 2. The number of carbonyl (C=O) groups excluding carboxylic acids is 2. The number of hydrogen-bond donors (Lipinski definition) is 0. The van der Waals surface area contributed by atoms with E-state index in [1.54, 1.807) is 12.1 Å². The molecule has 4 nitrogen and oxygen atoms in total. The highest BCUT2D eigenvalue weighted by Gasteiger charge is 2.42. The monoisotopic (exact) mass is 280 g/mol. The van der Waals surface area contributed by atoms with Crippen molar-refractivity contribution in [1.29, 1.82) is 0 Å². The van der Waals surface area contributed by atoms with Crippen molar-refractivity contribution in [3.8, 4) is 0 Å². The van der Waals surface area contributed by atoms with Crippen LogP contribution < -0.4 is 0 Å². The first-order valence-electron chi connectivity index (χ1n) is 6.69. The summed E-state index contributed by atoms with van der Waals surface area (Å²) in [5.41, 5.74) is 5.33. The van der Waals surface area contributed by atoms with Crippen LogP contribution in [0.4, 0.5) is 0 Å². The SMILES string of the molecule is COC(=O)c1ccc2c(c1)C1OC2c2ccc(C=O)cc21. The van der Waals surface area contributed by atoms with E-state index in [-0.39, 0.29) is 18.2 Å². The molecule has 0 N–H and O–H groups in total. The van der Waals surface area contributed by atoms with E-state index in [2.05, 4.69) is 0 Å². The van der Waals surface area contributed by atoms with Gasteiger partial charge in [0.25, 0.3) is 0 Å². The number of fused-ring (bicyclic) bond motifs is 8. The predicted molar refractivity (Wildman–Crippen MR) is 74.4 cm³/mol. The smallest absolute Gasteiger partial charge is 0.337 e. The van der Waals surface area contributed by atoms with Crippen LogP contribution in [0.25, 0.3) is 0 Å². The lowest BCUT2D eigenvalue weighted by molar-refractivity contribution is 0.0600. The van der Waals surface area contributed by atoms with Crippen molar-refractivity contribution in [3.63, 3.8) is 0 Å². The van der Waals surface area contributed by atoms with Crippen LogP contribution in [0.2, 0.25) is 0 Å². The zero-order valence-corrected chi connectivity index (χ0v) is 11.3. The fourth-order valence-electron chi connectivity index (χ4n) is 3.18. The zero-order valence-electron chi connectivity index (χ0n) is 11.3. The van der Waals surface area contributed by atoms with Crippen LogP contribution >= 0.6 is 0 Å². The van der Waals surface area contributed by atoms with E-state index in [1.807, 2.05) is 24.3 Å². The fraction of sp³-hybridized carbons (Fsp3) is 0.176. The Labute approximate surface area is 121 Å². The Morgan fingerprint density at radius 1 is 1.05 bits per heavy atom. The van der Waals surface area contributed by atoms with Crippen LogP contribution in [-0.2, 0) is 9.47 Å². The lowest BCUT2D eigenvalue weighted by Crippen LogP contribution is -2.07. The molecular formula is C17H12O4. The molecule has 0 amide bonds. The summed E-state index contributed by atoms with van der Waals surface area (Å²) < 4.78 is 10.8. The van der Waals surface area contributed by atoms with Crippen LogP contribution in [-0.4, -0.2) is 19.4 Å². The van der Waals surface area contributed by atoms with Crippen LogP contribution in [0.5, 0.6) is 0 Å². The highest BCUT2D eigenvalue weighted by atomic mass is 16.5. The van der Waals surface area contributed by atoms with E-state index in [9.17, 15) is 9.59 Å². The van der Waals surface area contributed by atoms with Gasteiger partial charge in [0.1, 0.15) is 18.5 Å². The van der Waals surface area contributed by atoms with E-state index in [0.717, 1.165) is 28.5 Å². The summed E-state index contributed by atoms with van der Waals surface area (Å²) in [6.07, 6.45) is 0.523. The van der Waals surface area contributed by atoms with Gasteiger partial charge in [0.15, 0.2) is 0 Å². The number of esters is 1.